The first-order chi connectivity index (χ1) is 10.7. The third-order valence-corrected chi connectivity index (χ3v) is 3.31. The molecular formula is C18H15KNO3. The fourth-order valence-corrected chi connectivity index (χ4v) is 2.26. The molecule has 0 aliphatic carbocycles. The molecule has 1 heterocycles. The number of benzene rings is 2. The normalized spacial score (nSPS) is 10.1. The van der Waals surface area contributed by atoms with E-state index in [9.17, 15) is 4.79 Å². The van der Waals surface area contributed by atoms with Gasteiger partial charge in [-0.3, -0.25) is 4.79 Å². The number of aryl methyl sites for hydroxylation is 1. The largest absolute Gasteiger partial charge is 0.481 e. The van der Waals surface area contributed by atoms with Crippen LogP contribution >= 0.6 is 0 Å². The first kappa shape index (κ1) is 18.1. The molecule has 0 bridgehead atoms. The Balaban J connectivity index is 0.00000192. The molecule has 0 unspecified atom stereocenters. The van der Waals surface area contributed by atoms with Crippen LogP contribution in [0.3, 0.4) is 0 Å². The third kappa shape index (κ3) is 4.62. The maximum atomic E-state index is 10.7. The average Bonchev–Trinajstić information content (AvgIpc) is 2.99. The molecule has 0 saturated carbocycles. The number of aromatic nitrogens is 1. The van der Waals surface area contributed by atoms with Gasteiger partial charge in [0.1, 0.15) is 5.69 Å². The van der Waals surface area contributed by atoms with Crippen molar-refractivity contribution in [1.29, 1.82) is 0 Å². The Morgan fingerprint density at radius 1 is 0.957 bits per heavy atom. The second kappa shape index (κ2) is 8.56. The second-order valence-electron chi connectivity index (χ2n) is 4.91. The van der Waals surface area contributed by atoms with Gasteiger partial charge in [0.2, 0.25) is 0 Å². The number of carboxylic acids is 1. The Morgan fingerprint density at radius 3 is 2.09 bits per heavy atom. The van der Waals surface area contributed by atoms with E-state index in [2.05, 4.69) is 4.98 Å². The fourth-order valence-electron chi connectivity index (χ4n) is 2.26. The summed E-state index contributed by atoms with van der Waals surface area (Å²) in [4.78, 5) is 15.2. The van der Waals surface area contributed by atoms with E-state index in [0.717, 1.165) is 16.8 Å². The molecule has 3 aromatic rings. The number of carbonyl (C=O) groups is 1. The minimum Gasteiger partial charge on any atom is -0.481 e. The molecule has 0 atom stereocenters. The van der Waals surface area contributed by atoms with Crippen LogP contribution in [0, 0.1) is 0 Å². The predicted molar refractivity (Wildman–Crippen MR) is 89.1 cm³/mol. The van der Waals surface area contributed by atoms with Gasteiger partial charge in [-0.15, -0.1) is 0 Å². The molecule has 0 amide bonds. The van der Waals surface area contributed by atoms with Crippen LogP contribution in [0.1, 0.15) is 12.3 Å². The Hall–Kier alpha value is -1.24. The van der Waals surface area contributed by atoms with Gasteiger partial charge in [0, 0.05) is 68.9 Å². The van der Waals surface area contributed by atoms with Crippen LogP contribution in [0.15, 0.2) is 65.1 Å². The van der Waals surface area contributed by atoms with Gasteiger partial charge < -0.3 is 9.52 Å². The van der Waals surface area contributed by atoms with E-state index in [-0.39, 0.29) is 64.2 Å². The van der Waals surface area contributed by atoms with Gasteiger partial charge in [0.25, 0.3) is 0 Å². The van der Waals surface area contributed by atoms with E-state index in [4.69, 9.17) is 9.52 Å². The Bertz CT molecular complexity index is 712. The quantitative estimate of drug-likeness (QED) is 0.725. The van der Waals surface area contributed by atoms with Crippen LogP contribution in [-0.2, 0) is 11.2 Å². The number of hydrogen-bond acceptors (Lipinski definition) is 3. The molecule has 0 aliphatic rings. The number of aliphatic carboxylic acids is 1. The average molecular weight is 332 g/mol. The fraction of sp³-hybridized carbons (Fsp3) is 0.111. The van der Waals surface area contributed by atoms with Crippen molar-refractivity contribution in [3.05, 3.63) is 66.6 Å². The summed E-state index contributed by atoms with van der Waals surface area (Å²) < 4.78 is 5.83. The monoisotopic (exact) mass is 332 g/mol. The summed E-state index contributed by atoms with van der Waals surface area (Å²) in [5.74, 6) is 0.257. The standard InChI is InChI=1S/C18H15NO3.K/c20-16(21)12-11-15-19-17(13-7-3-1-4-8-13)18(22-15)14-9-5-2-6-10-14;/h1-10H,11-12H2,(H,20,21);. The number of carboxylic acid groups (broad SMARTS) is 1. The summed E-state index contributed by atoms with van der Waals surface area (Å²) in [5.41, 5.74) is 2.62. The Labute approximate surface area is 177 Å². The SMILES string of the molecule is O=C(O)CCc1nc(-c2ccccc2)c(-c2ccccc2)o1.[K]. The minimum absolute atomic E-state index is 0. The van der Waals surface area contributed by atoms with Crippen molar-refractivity contribution in [2.24, 2.45) is 0 Å². The van der Waals surface area contributed by atoms with Gasteiger partial charge in [-0.25, -0.2) is 4.98 Å². The van der Waals surface area contributed by atoms with Gasteiger partial charge in [-0.05, 0) is 0 Å². The summed E-state index contributed by atoms with van der Waals surface area (Å²) >= 11 is 0. The molecule has 2 aromatic carbocycles. The predicted octanol–water partition coefficient (Wildman–Crippen LogP) is 3.65. The topological polar surface area (TPSA) is 63.3 Å². The van der Waals surface area contributed by atoms with Crippen molar-refractivity contribution in [2.75, 3.05) is 0 Å². The van der Waals surface area contributed by atoms with Crippen molar-refractivity contribution in [1.82, 2.24) is 4.98 Å². The zero-order valence-electron chi connectivity index (χ0n) is 12.9. The second-order valence-corrected chi connectivity index (χ2v) is 4.91. The first-order valence-electron chi connectivity index (χ1n) is 7.06. The third-order valence-electron chi connectivity index (χ3n) is 3.31. The van der Waals surface area contributed by atoms with Crippen LogP contribution in [0.2, 0.25) is 0 Å². The van der Waals surface area contributed by atoms with Crippen LogP contribution in [0.25, 0.3) is 22.6 Å². The van der Waals surface area contributed by atoms with Gasteiger partial charge in [0.05, 0.1) is 6.42 Å². The molecule has 1 aromatic heterocycles. The zero-order chi connectivity index (χ0) is 15.4. The summed E-state index contributed by atoms with van der Waals surface area (Å²) in [6, 6.07) is 19.5. The molecule has 5 heteroatoms. The molecule has 1 N–H and O–H groups in total. The Kier molecular flexibility index (Phi) is 6.74. The van der Waals surface area contributed by atoms with Crippen LogP contribution in [0.5, 0.6) is 0 Å². The molecular weight excluding hydrogens is 317 g/mol. The maximum Gasteiger partial charge on any atom is 0.303 e. The first-order valence-corrected chi connectivity index (χ1v) is 7.06. The van der Waals surface area contributed by atoms with Crippen molar-refractivity contribution in [2.45, 2.75) is 12.8 Å². The number of hydrogen-bond donors (Lipinski definition) is 1. The minimum atomic E-state index is -0.860. The van der Waals surface area contributed by atoms with Gasteiger partial charge in [0.15, 0.2) is 11.7 Å². The van der Waals surface area contributed by atoms with E-state index >= 15 is 0 Å². The molecule has 1 radical (unpaired) electrons. The molecule has 0 spiro atoms. The molecule has 0 saturated heterocycles. The smallest absolute Gasteiger partial charge is 0.303 e. The van der Waals surface area contributed by atoms with Crippen LogP contribution < -0.4 is 0 Å². The number of oxazole rings is 1. The summed E-state index contributed by atoms with van der Waals surface area (Å²) in [6.45, 7) is 0. The van der Waals surface area contributed by atoms with Crippen molar-refractivity contribution < 1.29 is 14.3 Å². The van der Waals surface area contributed by atoms with Crippen molar-refractivity contribution in [3.63, 3.8) is 0 Å². The van der Waals surface area contributed by atoms with Gasteiger partial charge in [-0.1, -0.05) is 60.7 Å². The molecule has 23 heavy (non-hydrogen) atoms. The molecule has 0 fully saturated rings. The van der Waals surface area contributed by atoms with Crippen LogP contribution in [-0.4, -0.2) is 67.4 Å². The number of rotatable bonds is 5. The van der Waals surface area contributed by atoms with E-state index < -0.39 is 5.97 Å². The van der Waals surface area contributed by atoms with E-state index in [1.807, 2.05) is 60.7 Å². The zero-order valence-corrected chi connectivity index (χ0v) is 16.0. The summed E-state index contributed by atoms with van der Waals surface area (Å²) in [5, 5.41) is 8.82. The number of nitrogens with zero attached hydrogens (tertiary/aromatic N) is 1. The van der Waals surface area contributed by atoms with Gasteiger partial charge >= 0.3 is 5.97 Å². The molecule has 4 nitrogen and oxygen atoms in total. The van der Waals surface area contributed by atoms with Crippen molar-refractivity contribution >= 4 is 57.4 Å². The van der Waals surface area contributed by atoms with Crippen LogP contribution in [0.4, 0.5) is 0 Å². The molecule has 0 aliphatic heterocycles. The summed E-state index contributed by atoms with van der Waals surface area (Å²) in [7, 11) is 0. The Morgan fingerprint density at radius 2 is 1.52 bits per heavy atom. The van der Waals surface area contributed by atoms with Crippen molar-refractivity contribution in [3.8, 4) is 22.6 Å². The molecule has 111 valence electrons. The van der Waals surface area contributed by atoms with E-state index in [1.165, 1.54) is 0 Å². The maximum absolute atomic E-state index is 10.7. The van der Waals surface area contributed by atoms with E-state index in [1.54, 1.807) is 0 Å². The van der Waals surface area contributed by atoms with E-state index in [0.29, 0.717) is 11.7 Å². The van der Waals surface area contributed by atoms with Gasteiger partial charge in [-0.2, -0.15) is 0 Å². The summed E-state index contributed by atoms with van der Waals surface area (Å²) in [6.07, 6.45) is 0.283. The molecule has 3 rings (SSSR count).